The quantitative estimate of drug-likeness (QED) is 0.496. The minimum atomic E-state index is -0.321. The molecule has 110 valence electrons. The monoisotopic (exact) mass is 357 g/mol. The number of H-pyrrole nitrogens is 1. The van der Waals surface area contributed by atoms with Gasteiger partial charge in [-0.3, -0.25) is 4.79 Å². The van der Waals surface area contributed by atoms with Gasteiger partial charge in [0, 0.05) is 21.6 Å². The molecule has 3 N–H and O–H groups in total. The van der Waals surface area contributed by atoms with Crippen molar-refractivity contribution in [1.29, 1.82) is 0 Å². The maximum absolute atomic E-state index is 12.2. The van der Waals surface area contributed by atoms with Gasteiger partial charge in [0.05, 0.1) is 17.3 Å². The van der Waals surface area contributed by atoms with Crippen LogP contribution in [0.3, 0.4) is 0 Å². The number of nitrogens with one attached hydrogen (secondary N) is 2. The highest BCUT2D eigenvalue weighted by molar-refractivity contribution is 9.10. The van der Waals surface area contributed by atoms with Crippen LogP contribution in [0.2, 0.25) is 0 Å². The lowest BCUT2D eigenvalue weighted by atomic mass is 10.1. The van der Waals surface area contributed by atoms with E-state index in [9.17, 15) is 9.90 Å². The number of phenols is 1. The zero-order valence-electron chi connectivity index (χ0n) is 11.4. The number of rotatable bonds is 3. The van der Waals surface area contributed by atoms with Crippen molar-refractivity contribution in [1.82, 2.24) is 10.4 Å². The zero-order chi connectivity index (χ0) is 15.5. The third-order valence-corrected chi connectivity index (χ3v) is 3.68. The molecule has 1 aromatic heterocycles. The van der Waals surface area contributed by atoms with Crippen molar-refractivity contribution in [2.75, 3.05) is 0 Å². The molecule has 0 saturated heterocycles. The van der Waals surface area contributed by atoms with Crippen LogP contribution in [0.4, 0.5) is 0 Å². The molecule has 1 amide bonds. The number of hydrogen-bond acceptors (Lipinski definition) is 3. The largest absolute Gasteiger partial charge is 0.507 e. The van der Waals surface area contributed by atoms with Gasteiger partial charge in [-0.15, -0.1) is 0 Å². The molecule has 3 rings (SSSR count). The van der Waals surface area contributed by atoms with Crippen LogP contribution in [0.15, 0.2) is 58.2 Å². The first-order chi connectivity index (χ1) is 10.6. The van der Waals surface area contributed by atoms with Gasteiger partial charge in [0.15, 0.2) is 0 Å². The van der Waals surface area contributed by atoms with Crippen LogP contribution in [0.1, 0.15) is 15.9 Å². The minimum absolute atomic E-state index is 0.0904. The zero-order valence-corrected chi connectivity index (χ0v) is 13.0. The van der Waals surface area contributed by atoms with E-state index in [1.54, 1.807) is 30.5 Å². The molecule has 0 unspecified atom stereocenters. The lowest BCUT2D eigenvalue weighted by molar-refractivity contribution is 0.0956. The van der Waals surface area contributed by atoms with Gasteiger partial charge in [-0.25, -0.2) is 5.43 Å². The molecule has 0 aliphatic rings. The van der Waals surface area contributed by atoms with E-state index in [1.807, 2.05) is 18.2 Å². The van der Waals surface area contributed by atoms with Crippen LogP contribution < -0.4 is 5.43 Å². The Bertz CT molecular complexity index is 871. The van der Waals surface area contributed by atoms with Crippen LogP contribution >= 0.6 is 15.9 Å². The smallest absolute Gasteiger partial charge is 0.273 e. The fraction of sp³-hybridized carbons (Fsp3) is 0. The molecule has 5 nitrogen and oxygen atoms in total. The molecule has 3 aromatic rings. The molecule has 0 bridgehead atoms. The van der Waals surface area contributed by atoms with E-state index < -0.39 is 0 Å². The number of aromatic nitrogens is 1. The highest BCUT2D eigenvalue weighted by Gasteiger charge is 2.09. The Balaban J connectivity index is 1.79. The molecular weight excluding hydrogens is 346 g/mol. The normalized spacial score (nSPS) is 11.1. The van der Waals surface area contributed by atoms with E-state index in [-0.39, 0.29) is 11.7 Å². The Morgan fingerprint density at radius 2 is 2.14 bits per heavy atom. The Labute approximate surface area is 134 Å². The van der Waals surface area contributed by atoms with Crippen molar-refractivity contribution in [3.8, 4) is 5.75 Å². The van der Waals surface area contributed by atoms with E-state index in [4.69, 9.17) is 0 Å². The highest BCUT2D eigenvalue weighted by Crippen LogP contribution is 2.20. The summed E-state index contributed by atoms with van der Waals surface area (Å²) in [5.41, 5.74) is 4.24. The van der Waals surface area contributed by atoms with Crippen LogP contribution in [0, 0.1) is 0 Å². The van der Waals surface area contributed by atoms with Gasteiger partial charge in [0.1, 0.15) is 5.75 Å². The summed E-state index contributed by atoms with van der Waals surface area (Å²) in [7, 11) is 0. The Kier molecular flexibility index (Phi) is 3.93. The van der Waals surface area contributed by atoms with Crippen molar-refractivity contribution >= 4 is 39.0 Å². The molecule has 0 atom stereocenters. The standard InChI is InChI=1S/C16H12BrN3O2/c17-12-4-5-14(21)11(8-12)9-19-20-16(22)13-3-1-2-10-6-7-18-15(10)13/h1-9,18,21H,(H,20,22)/b19-9+. The number of fused-ring (bicyclic) bond motifs is 1. The van der Waals surface area contributed by atoms with Crippen molar-refractivity contribution in [2.45, 2.75) is 0 Å². The highest BCUT2D eigenvalue weighted by atomic mass is 79.9. The van der Waals surface area contributed by atoms with Crippen molar-refractivity contribution in [2.24, 2.45) is 5.10 Å². The van der Waals surface area contributed by atoms with Crippen LogP contribution in [0.5, 0.6) is 5.75 Å². The predicted molar refractivity (Wildman–Crippen MR) is 89.2 cm³/mol. The molecule has 0 aliphatic heterocycles. The van der Waals surface area contributed by atoms with Crippen LogP contribution in [-0.4, -0.2) is 22.2 Å². The van der Waals surface area contributed by atoms with Gasteiger partial charge in [0.25, 0.3) is 5.91 Å². The molecule has 22 heavy (non-hydrogen) atoms. The Morgan fingerprint density at radius 1 is 1.27 bits per heavy atom. The number of hydrogen-bond donors (Lipinski definition) is 3. The molecule has 0 spiro atoms. The molecule has 0 fully saturated rings. The summed E-state index contributed by atoms with van der Waals surface area (Å²) in [6, 6.07) is 12.3. The fourth-order valence-electron chi connectivity index (χ4n) is 2.12. The van der Waals surface area contributed by atoms with E-state index >= 15 is 0 Å². The van der Waals surface area contributed by atoms with Crippen molar-refractivity contribution in [3.63, 3.8) is 0 Å². The number of hydrazone groups is 1. The summed E-state index contributed by atoms with van der Waals surface area (Å²) in [5.74, 6) is -0.230. The molecule has 0 radical (unpaired) electrons. The maximum Gasteiger partial charge on any atom is 0.273 e. The second kappa shape index (κ2) is 6.03. The SMILES string of the molecule is O=C(N/N=C/c1cc(Br)ccc1O)c1cccc2cc[nH]c12. The molecule has 6 heteroatoms. The van der Waals surface area contributed by atoms with Gasteiger partial charge < -0.3 is 10.1 Å². The summed E-state index contributed by atoms with van der Waals surface area (Å²) < 4.78 is 0.814. The predicted octanol–water partition coefficient (Wildman–Crippen LogP) is 3.40. The number of nitrogens with zero attached hydrogens (tertiary/aromatic N) is 1. The average Bonchev–Trinajstić information content (AvgIpc) is 2.99. The average molecular weight is 358 g/mol. The third kappa shape index (κ3) is 2.87. The maximum atomic E-state index is 12.2. The summed E-state index contributed by atoms with van der Waals surface area (Å²) in [4.78, 5) is 15.2. The van der Waals surface area contributed by atoms with E-state index in [0.29, 0.717) is 11.1 Å². The second-order valence-electron chi connectivity index (χ2n) is 4.65. The summed E-state index contributed by atoms with van der Waals surface area (Å²) >= 11 is 3.31. The lowest BCUT2D eigenvalue weighted by Gasteiger charge is -2.02. The summed E-state index contributed by atoms with van der Waals surface area (Å²) in [5, 5.41) is 14.6. The molecule has 1 heterocycles. The number of aromatic amines is 1. The van der Waals surface area contributed by atoms with E-state index in [0.717, 1.165) is 15.4 Å². The minimum Gasteiger partial charge on any atom is -0.507 e. The molecule has 0 aliphatic carbocycles. The number of phenolic OH excluding ortho intramolecular Hbond substituents is 1. The van der Waals surface area contributed by atoms with Crippen molar-refractivity contribution in [3.05, 3.63) is 64.3 Å². The van der Waals surface area contributed by atoms with Gasteiger partial charge in [-0.2, -0.15) is 5.10 Å². The van der Waals surface area contributed by atoms with Crippen molar-refractivity contribution < 1.29 is 9.90 Å². The Hall–Kier alpha value is -2.60. The summed E-state index contributed by atoms with van der Waals surface area (Å²) in [6.45, 7) is 0. The second-order valence-corrected chi connectivity index (χ2v) is 5.57. The fourth-order valence-corrected chi connectivity index (χ4v) is 2.50. The first kappa shape index (κ1) is 14.3. The number of carbonyl (C=O) groups is 1. The molecular formula is C16H12BrN3O2. The van der Waals surface area contributed by atoms with Gasteiger partial charge >= 0.3 is 0 Å². The van der Waals surface area contributed by atoms with Gasteiger partial charge in [-0.05, 0) is 30.3 Å². The first-order valence-electron chi connectivity index (χ1n) is 6.53. The van der Waals surface area contributed by atoms with E-state index in [2.05, 4.69) is 31.4 Å². The topological polar surface area (TPSA) is 77.5 Å². The summed E-state index contributed by atoms with van der Waals surface area (Å²) in [6.07, 6.45) is 3.18. The number of halogens is 1. The molecule has 0 saturated carbocycles. The number of aromatic hydroxyl groups is 1. The number of carbonyl (C=O) groups excluding carboxylic acids is 1. The Morgan fingerprint density at radius 3 is 3.00 bits per heavy atom. The lowest BCUT2D eigenvalue weighted by Crippen LogP contribution is -2.18. The first-order valence-corrected chi connectivity index (χ1v) is 7.32. The number of benzene rings is 2. The third-order valence-electron chi connectivity index (χ3n) is 3.19. The van der Waals surface area contributed by atoms with E-state index in [1.165, 1.54) is 6.21 Å². The van der Waals surface area contributed by atoms with Gasteiger partial charge in [-0.1, -0.05) is 28.1 Å². The van der Waals surface area contributed by atoms with Crippen LogP contribution in [0.25, 0.3) is 10.9 Å². The van der Waals surface area contributed by atoms with Gasteiger partial charge in [0.2, 0.25) is 0 Å². The number of amides is 1. The number of para-hydroxylation sites is 1. The molecule has 2 aromatic carbocycles. The van der Waals surface area contributed by atoms with Crippen LogP contribution in [-0.2, 0) is 0 Å².